The van der Waals surface area contributed by atoms with Crippen LogP contribution < -0.4 is 0 Å². The summed E-state index contributed by atoms with van der Waals surface area (Å²) in [6.07, 6.45) is 1.20. The van der Waals surface area contributed by atoms with Crippen molar-refractivity contribution in [3.8, 4) is 0 Å². The number of aliphatic hydroxyl groups is 1. The van der Waals surface area contributed by atoms with E-state index < -0.39 is 6.10 Å². The van der Waals surface area contributed by atoms with Gasteiger partial charge in [-0.05, 0) is 31.4 Å². The zero-order chi connectivity index (χ0) is 15.7. The predicted molar refractivity (Wildman–Crippen MR) is 87.3 cm³/mol. The maximum Gasteiger partial charge on any atom is 0.129 e. The Bertz CT molecular complexity index is 547. The van der Waals surface area contributed by atoms with E-state index in [1.54, 1.807) is 6.92 Å². The number of aliphatic hydroxyl groups excluding tert-OH is 1. The topological polar surface area (TPSA) is 37.3 Å². The summed E-state index contributed by atoms with van der Waals surface area (Å²) in [5.74, 6) is 0.289. The second-order valence-electron chi connectivity index (χ2n) is 5.18. The minimum atomic E-state index is -0.522. The third-order valence-electron chi connectivity index (χ3n) is 3.08. The van der Waals surface area contributed by atoms with Crippen molar-refractivity contribution in [2.24, 2.45) is 0 Å². The first-order valence-corrected chi connectivity index (χ1v) is 7.33. The predicted octanol–water partition coefficient (Wildman–Crippen LogP) is 4.45. The summed E-state index contributed by atoms with van der Waals surface area (Å²) >= 11 is 0. The van der Waals surface area contributed by atoms with Crippen LogP contribution in [0.15, 0.2) is 54.6 Å². The zero-order valence-electron chi connectivity index (χ0n) is 13.0. The minimum absolute atomic E-state index is 0.289. The van der Waals surface area contributed by atoms with Gasteiger partial charge in [0.25, 0.3) is 0 Å². The van der Waals surface area contributed by atoms with E-state index in [-0.39, 0.29) is 5.78 Å². The van der Waals surface area contributed by atoms with Crippen LogP contribution in [0.2, 0.25) is 0 Å². The molecule has 2 aromatic carbocycles. The van der Waals surface area contributed by atoms with Gasteiger partial charge in [-0.1, -0.05) is 67.1 Å². The molecule has 0 saturated heterocycles. The fourth-order valence-corrected chi connectivity index (χ4v) is 2.02. The highest BCUT2D eigenvalue weighted by Crippen LogP contribution is 2.21. The van der Waals surface area contributed by atoms with Crippen molar-refractivity contribution in [2.45, 2.75) is 39.7 Å². The third-order valence-corrected chi connectivity index (χ3v) is 3.08. The summed E-state index contributed by atoms with van der Waals surface area (Å²) in [5, 5.41) is 10.1. The Morgan fingerprint density at radius 1 is 1.05 bits per heavy atom. The van der Waals surface area contributed by atoms with Gasteiger partial charge in [-0.2, -0.15) is 0 Å². The molecule has 0 aliphatic heterocycles. The number of hydrogen-bond donors (Lipinski definition) is 1. The van der Waals surface area contributed by atoms with Crippen LogP contribution in [0, 0.1) is 6.92 Å². The summed E-state index contributed by atoms with van der Waals surface area (Å²) in [4.78, 5) is 10.0. The van der Waals surface area contributed by atoms with Crippen LogP contribution in [-0.2, 0) is 4.79 Å². The molecule has 21 heavy (non-hydrogen) atoms. The maximum absolute atomic E-state index is 10.1. The standard InChI is InChI=1S/C14H14O.C5H10O/c1-11-6-5-9-13(10-11)14(15)12-7-3-2-4-8-12;1-3-4-5(2)6/h2-10,14-15H,1H3;3-4H2,1-2H3. The molecule has 0 bridgehead atoms. The zero-order valence-corrected chi connectivity index (χ0v) is 13.0. The first-order chi connectivity index (χ1) is 10.0. The average molecular weight is 284 g/mol. The number of carbonyl (C=O) groups excluding carboxylic acids is 1. The normalized spacial score (nSPS) is 11.2. The lowest BCUT2D eigenvalue weighted by Gasteiger charge is -2.11. The Hall–Kier alpha value is -1.93. The molecule has 2 nitrogen and oxygen atoms in total. The summed E-state index contributed by atoms with van der Waals surface area (Å²) in [7, 11) is 0. The van der Waals surface area contributed by atoms with E-state index >= 15 is 0 Å². The first kappa shape index (κ1) is 17.1. The van der Waals surface area contributed by atoms with Crippen LogP contribution >= 0.6 is 0 Å². The molecule has 1 N–H and O–H groups in total. The van der Waals surface area contributed by atoms with Crippen molar-refractivity contribution in [2.75, 3.05) is 0 Å². The molecule has 1 atom stereocenters. The van der Waals surface area contributed by atoms with Gasteiger partial charge in [0.15, 0.2) is 0 Å². The van der Waals surface area contributed by atoms with E-state index in [1.807, 2.05) is 68.4 Å². The second kappa shape index (κ2) is 9.09. The van der Waals surface area contributed by atoms with E-state index in [9.17, 15) is 9.90 Å². The highest BCUT2D eigenvalue weighted by atomic mass is 16.3. The van der Waals surface area contributed by atoms with Gasteiger partial charge < -0.3 is 9.90 Å². The molecule has 0 spiro atoms. The first-order valence-electron chi connectivity index (χ1n) is 7.33. The van der Waals surface area contributed by atoms with Gasteiger partial charge in [0.05, 0.1) is 0 Å². The Kier molecular flexibility index (Phi) is 7.41. The fraction of sp³-hybridized carbons (Fsp3) is 0.316. The van der Waals surface area contributed by atoms with Gasteiger partial charge >= 0.3 is 0 Å². The number of benzene rings is 2. The van der Waals surface area contributed by atoms with Crippen LogP contribution in [0.4, 0.5) is 0 Å². The number of Topliss-reactive ketones (excluding diaryl/α,β-unsaturated/α-hetero) is 1. The Labute approximate surface area is 127 Å². The average Bonchev–Trinajstić information content (AvgIpc) is 2.48. The fourth-order valence-electron chi connectivity index (χ4n) is 2.02. The molecule has 0 aliphatic rings. The number of carbonyl (C=O) groups is 1. The minimum Gasteiger partial charge on any atom is -0.384 e. The molecule has 0 amide bonds. The van der Waals surface area contributed by atoms with Gasteiger partial charge in [0, 0.05) is 6.42 Å². The van der Waals surface area contributed by atoms with Crippen LogP contribution in [0.25, 0.3) is 0 Å². The molecule has 0 aliphatic carbocycles. The summed E-state index contributed by atoms with van der Waals surface area (Å²) < 4.78 is 0. The highest BCUT2D eigenvalue weighted by molar-refractivity contribution is 5.75. The lowest BCUT2D eigenvalue weighted by molar-refractivity contribution is -0.117. The second-order valence-corrected chi connectivity index (χ2v) is 5.18. The number of ketones is 1. The summed E-state index contributed by atoms with van der Waals surface area (Å²) in [5.41, 5.74) is 3.05. The van der Waals surface area contributed by atoms with Gasteiger partial charge in [0.1, 0.15) is 11.9 Å². The molecule has 112 valence electrons. The summed E-state index contributed by atoms with van der Waals surface area (Å²) in [6.45, 7) is 5.64. The third kappa shape index (κ3) is 6.37. The molecule has 0 aromatic heterocycles. The van der Waals surface area contributed by atoms with Crippen LogP contribution in [0.1, 0.15) is 49.5 Å². The van der Waals surface area contributed by atoms with Gasteiger partial charge in [-0.3, -0.25) is 0 Å². The molecule has 0 radical (unpaired) electrons. The molecular weight excluding hydrogens is 260 g/mol. The largest absolute Gasteiger partial charge is 0.384 e. The van der Waals surface area contributed by atoms with Crippen molar-refractivity contribution in [1.29, 1.82) is 0 Å². The van der Waals surface area contributed by atoms with E-state index in [1.165, 1.54) is 5.56 Å². The van der Waals surface area contributed by atoms with E-state index in [4.69, 9.17) is 0 Å². The van der Waals surface area contributed by atoms with Crippen molar-refractivity contribution in [3.63, 3.8) is 0 Å². The van der Waals surface area contributed by atoms with E-state index in [0.29, 0.717) is 0 Å². The Morgan fingerprint density at radius 2 is 1.67 bits per heavy atom. The quantitative estimate of drug-likeness (QED) is 0.900. The van der Waals surface area contributed by atoms with Gasteiger partial charge in [-0.15, -0.1) is 0 Å². The SMILES string of the molecule is CCCC(C)=O.Cc1cccc(C(O)c2ccccc2)c1. The maximum atomic E-state index is 10.1. The molecule has 0 fully saturated rings. The number of rotatable bonds is 4. The van der Waals surface area contributed by atoms with Crippen LogP contribution in [0.5, 0.6) is 0 Å². The highest BCUT2D eigenvalue weighted by Gasteiger charge is 2.08. The van der Waals surface area contributed by atoms with Crippen LogP contribution in [-0.4, -0.2) is 10.9 Å². The molecule has 2 rings (SSSR count). The van der Waals surface area contributed by atoms with Crippen LogP contribution in [0.3, 0.4) is 0 Å². The Morgan fingerprint density at radius 3 is 2.14 bits per heavy atom. The lowest BCUT2D eigenvalue weighted by Crippen LogP contribution is -1.99. The van der Waals surface area contributed by atoms with Crippen molar-refractivity contribution >= 4 is 5.78 Å². The molecule has 0 heterocycles. The summed E-state index contributed by atoms with van der Waals surface area (Å²) in [6, 6.07) is 17.7. The van der Waals surface area contributed by atoms with Gasteiger partial charge in [-0.25, -0.2) is 0 Å². The molecule has 2 heteroatoms. The number of hydrogen-bond acceptors (Lipinski definition) is 2. The van der Waals surface area contributed by atoms with Crippen molar-refractivity contribution in [3.05, 3.63) is 71.3 Å². The molecule has 2 aromatic rings. The van der Waals surface area contributed by atoms with E-state index in [2.05, 4.69) is 0 Å². The molecular formula is C19H24O2. The molecule has 0 saturated carbocycles. The lowest BCUT2D eigenvalue weighted by atomic mass is 10.0. The van der Waals surface area contributed by atoms with E-state index in [0.717, 1.165) is 24.0 Å². The monoisotopic (exact) mass is 284 g/mol. The van der Waals surface area contributed by atoms with Gasteiger partial charge in [0.2, 0.25) is 0 Å². The van der Waals surface area contributed by atoms with Crippen molar-refractivity contribution < 1.29 is 9.90 Å². The van der Waals surface area contributed by atoms with Crippen molar-refractivity contribution in [1.82, 2.24) is 0 Å². The molecule has 1 unspecified atom stereocenters. The smallest absolute Gasteiger partial charge is 0.129 e. The number of aryl methyl sites for hydroxylation is 1. The Balaban J connectivity index is 0.000000315.